The molecule has 0 spiro atoms. The van der Waals surface area contributed by atoms with Crippen LogP contribution in [0.15, 0.2) is 59.3 Å². The molecule has 0 fully saturated rings. The maximum absolute atomic E-state index is 13.8. The van der Waals surface area contributed by atoms with Crippen molar-refractivity contribution in [2.45, 2.75) is 13.0 Å². The number of halogens is 2. The van der Waals surface area contributed by atoms with Crippen molar-refractivity contribution in [1.82, 2.24) is 9.97 Å². The van der Waals surface area contributed by atoms with Crippen molar-refractivity contribution in [2.24, 2.45) is 0 Å². The zero-order valence-electron chi connectivity index (χ0n) is 14.2. The summed E-state index contributed by atoms with van der Waals surface area (Å²) in [4.78, 5) is 31.5. The Kier molecular flexibility index (Phi) is 5.66. The lowest BCUT2D eigenvalue weighted by molar-refractivity contribution is -0.123. The third-order valence-corrected chi connectivity index (χ3v) is 4.23. The molecule has 0 aliphatic carbocycles. The number of nitrogens with zero attached hydrogens (tertiary/aromatic N) is 1. The van der Waals surface area contributed by atoms with Gasteiger partial charge in [-0.1, -0.05) is 28.1 Å². The van der Waals surface area contributed by atoms with Crippen LogP contribution in [0, 0.1) is 5.82 Å². The van der Waals surface area contributed by atoms with Crippen LogP contribution in [-0.4, -0.2) is 27.9 Å². The number of aromatic amines is 1. The predicted octanol–water partition coefficient (Wildman–Crippen LogP) is 4.16. The van der Waals surface area contributed by atoms with Gasteiger partial charge < -0.3 is 15.0 Å². The number of hydrogen-bond acceptors (Lipinski definition) is 4. The van der Waals surface area contributed by atoms with Crippen LogP contribution in [0.4, 0.5) is 10.1 Å². The molecule has 6 nitrogen and oxygen atoms in total. The van der Waals surface area contributed by atoms with Gasteiger partial charge in [0.25, 0.3) is 5.91 Å². The molecule has 1 heterocycles. The molecule has 2 aromatic carbocycles. The molecule has 1 aromatic heterocycles. The molecule has 0 aliphatic heterocycles. The highest BCUT2D eigenvalue weighted by Crippen LogP contribution is 2.20. The number of ether oxygens (including phenoxy) is 1. The molecule has 138 valence electrons. The third kappa shape index (κ3) is 4.59. The van der Waals surface area contributed by atoms with Crippen molar-refractivity contribution in [3.63, 3.8) is 0 Å². The molecule has 0 radical (unpaired) electrons. The second-order valence-corrected chi connectivity index (χ2v) is 6.59. The molecule has 0 aliphatic rings. The lowest BCUT2D eigenvalue weighted by Crippen LogP contribution is -2.30. The number of benzene rings is 2. The minimum absolute atomic E-state index is 0.00824. The standard InChI is InChI=1S/C19H15BrFN3O3/c1-11(18(25)24-16-7-6-14(20)10-15(16)21)27-19(26)13-4-2-12(3-5-13)17-22-8-9-23-17/h2-11H,1H3,(H,22,23)(H,24,25). The van der Waals surface area contributed by atoms with E-state index >= 15 is 0 Å². The molecule has 2 N–H and O–H groups in total. The van der Waals surface area contributed by atoms with Gasteiger partial charge in [-0.2, -0.15) is 0 Å². The van der Waals surface area contributed by atoms with E-state index in [9.17, 15) is 14.0 Å². The number of rotatable bonds is 5. The maximum atomic E-state index is 13.8. The molecular weight excluding hydrogens is 417 g/mol. The van der Waals surface area contributed by atoms with Gasteiger partial charge in [0.15, 0.2) is 6.10 Å². The molecular formula is C19H15BrFN3O3. The van der Waals surface area contributed by atoms with E-state index in [-0.39, 0.29) is 5.69 Å². The van der Waals surface area contributed by atoms with Crippen LogP contribution in [0.1, 0.15) is 17.3 Å². The largest absolute Gasteiger partial charge is 0.449 e. The number of anilines is 1. The Morgan fingerprint density at radius 3 is 2.59 bits per heavy atom. The van der Waals surface area contributed by atoms with Crippen LogP contribution >= 0.6 is 15.9 Å². The summed E-state index contributed by atoms with van der Waals surface area (Å²) in [6.07, 6.45) is 2.24. The number of hydrogen-bond donors (Lipinski definition) is 2. The van der Waals surface area contributed by atoms with E-state index in [2.05, 4.69) is 31.2 Å². The molecule has 1 unspecified atom stereocenters. The summed E-state index contributed by atoms with van der Waals surface area (Å²) in [5, 5.41) is 2.40. The molecule has 8 heteroatoms. The number of carbonyl (C=O) groups is 2. The average Bonchev–Trinajstić information content (AvgIpc) is 3.18. The van der Waals surface area contributed by atoms with Crippen LogP contribution < -0.4 is 5.32 Å². The van der Waals surface area contributed by atoms with Gasteiger partial charge in [-0.05, 0) is 37.3 Å². The Hall–Kier alpha value is -3.00. The zero-order valence-corrected chi connectivity index (χ0v) is 15.8. The Morgan fingerprint density at radius 2 is 1.96 bits per heavy atom. The SMILES string of the molecule is CC(OC(=O)c1ccc(-c2ncc[nH]2)cc1)C(=O)Nc1ccc(Br)cc1F. The van der Waals surface area contributed by atoms with Gasteiger partial charge in [-0.3, -0.25) is 4.79 Å². The van der Waals surface area contributed by atoms with Gasteiger partial charge in [-0.15, -0.1) is 0 Å². The number of nitrogens with one attached hydrogen (secondary N) is 2. The van der Waals surface area contributed by atoms with E-state index in [1.54, 1.807) is 42.7 Å². The van der Waals surface area contributed by atoms with Crippen LogP contribution in [0.5, 0.6) is 0 Å². The highest BCUT2D eigenvalue weighted by molar-refractivity contribution is 9.10. The number of aromatic nitrogens is 2. The molecule has 3 aromatic rings. The summed E-state index contributed by atoms with van der Waals surface area (Å²) >= 11 is 3.14. The van der Waals surface area contributed by atoms with Crippen molar-refractivity contribution in [3.8, 4) is 11.4 Å². The summed E-state index contributed by atoms with van der Waals surface area (Å²) in [5.74, 6) is -1.19. The summed E-state index contributed by atoms with van der Waals surface area (Å²) < 4.78 is 19.5. The monoisotopic (exact) mass is 431 g/mol. The Balaban J connectivity index is 1.62. The molecule has 0 saturated heterocycles. The number of carbonyl (C=O) groups excluding carboxylic acids is 2. The fourth-order valence-corrected chi connectivity index (χ4v) is 2.63. The summed E-state index contributed by atoms with van der Waals surface area (Å²) in [5.41, 5.74) is 1.11. The average molecular weight is 432 g/mol. The van der Waals surface area contributed by atoms with E-state index in [1.807, 2.05) is 0 Å². The number of amides is 1. The van der Waals surface area contributed by atoms with Gasteiger partial charge in [0.05, 0.1) is 11.3 Å². The highest BCUT2D eigenvalue weighted by Gasteiger charge is 2.20. The van der Waals surface area contributed by atoms with E-state index in [0.717, 1.165) is 5.56 Å². The van der Waals surface area contributed by atoms with Gasteiger partial charge >= 0.3 is 5.97 Å². The summed E-state index contributed by atoms with van der Waals surface area (Å²) in [7, 11) is 0. The maximum Gasteiger partial charge on any atom is 0.338 e. The smallest absolute Gasteiger partial charge is 0.338 e. The minimum atomic E-state index is -1.09. The van der Waals surface area contributed by atoms with E-state index < -0.39 is 23.8 Å². The van der Waals surface area contributed by atoms with Crippen molar-refractivity contribution in [3.05, 3.63) is 70.7 Å². The fourth-order valence-electron chi connectivity index (χ4n) is 2.29. The summed E-state index contributed by atoms with van der Waals surface area (Å²) in [6.45, 7) is 1.42. The lowest BCUT2D eigenvalue weighted by Gasteiger charge is -2.14. The van der Waals surface area contributed by atoms with Gasteiger partial charge in [0, 0.05) is 22.4 Å². The summed E-state index contributed by atoms with van der Waals surface area (Å²) in [6, 6.07) is 10.8. The van der Waals surface area contributed by atoms with E-state index in [4.69, 9.17) is 4.74 Å². The number of imidazole rings is 1. The predicted molar refractivity (Wildman–Crippen MR) is 102 cm³/mol. The molecule has 3 rings (SSSR count). The van der Waals surface area contributed by atoms with Crippen LogP contribution in [0.3, 0.4) is 0 Å². The van der Waals surface area contributed by atoms with Gasteiger partial charge in [0.2, 0.25) is 0 Å². The fraction of sp³-hybridized carbons (Fsp3) is 0.105. The quantitative estimate of drug-likeness (QED) is 0.593. The number of esters is 1. The van der Waals surface area contributed by atoms with Crippen molar-refractivity contribution in [2.75, 3.05) is 5.32 Å². The first-order chi connectivity index (χ1) is 12.9. The third-order valence-electron chi connectivity index (χ3n) is 3.73. The van der Waals surface area contributed by atoms with Gasteiger partial charge in [0.1, 0.15) is 11.6 Å². The molecule has 27 heavy (non-hydrogen) atoms. The molecule has 0 saturated carbocycles. The zero-order chi connectivity index (χ0) is 19.4. The van der Waals surface area contributed by atoms with Crippen molar-refractivity contribution in [1.29, 1.82) is 0 Å². The first kappa shape index (κ1) is 18.8. The van der Waals surface area contributed by atoms with E-state index in [1.165, 1.54) is 19.1 Å². The van der Waals surface area contributed by atoms with Crippen LogP contribution in [0.25, 0.3) is 11.4 Å². The van der Waals surface area contributed by atoms with Gasteiger partial charge in [-0.25, -0.2) is 14.2 Å². The minimum Gasteiger partial charge on any atom is -0.449 e. The molecule has 0 bridgehead atoms. The Labute approximate surface area is 162 Å². The second kappa shape index (κ2) is 8.13. The second-order valence-electron chi connectivity index (χ2n) is 5.68. The van der Waals surface area contributed by atoms with Crippen LogP contribution in [-0.2, 0) is 9.53 Å². The first-order valence-corrected chi connectivity index (χ1v) is 8.80. The molecule has 1 amide bonds. The number of H-pyrrole nitrogens is 1. The van der Waals surface area contributed by atoms with Crippen LogP contribution in [0.2, 0.25) is 0 Å². The van der Waals surface area contributed by atoms with Crippen molar-refractivity contribution < 1.29 is 18.7 Å². The normalized spacial score (nSPS) is 11.7. The first-order valence-electron chi connectivity index (χ1n) is 8.01. The van der Waals surface area contributed by atoms with E-state index in [0.29, 0.717) is 15.9 Å². The molecule has 1 atom stereocenters. The Morgan fingerprint density at radius 1 is 1.22 bits per heavy atom. The Bertz CT molecular complexity index is 959. The van der Waals surface area contributed by atoms with Crippen molar-refractivity contribution >= 4 is 33.5 Å². The highest BCUT2D eigenvalue weighted by atomic mass is 79.9. The topological polar surface area (TPSA) is 84.1 Å². The lowest BCUT2D eigenvalue weighted by atomic mass is 10.1.